The van der Waals surface area contributed by atoms with Crippen LogP contribution in [0.3, 0.4) is 0 Å². The highest BCUT2D eigenvalue weighted by atomic mass is 16.3. The Morgan fingerprint density at radius 3 is 3.00 bits per heavy atom. The maximum atomic E-state index is 11.4. The highest BCUT2D eigenvalue weighted by Crippen LogP contribution is 2.34. The summed E-state index contributed by atoms with van der Waals surface area (Å²) in [7, 11) is 0. The predicted octanol–water partition coefficient (Wildman–Crippen LogP) is 1.88. The molecule has 76 valence electrons. The van der Waals surface area contributed by atoms with Crippen LogP contribution < -0.4 is 5.32 Å². The number of hydrogen-bond acceptors (Lipinski definition) is 2. The largest absolute Gasteiger partial charge is 0.469 e. The summed E-state index contributed by atoms with van der Waals surface area (Å²) in [5.74, 6) is 1.00. The zero-order valence-corrected chi connectivity index (χ0v) is 8.38. The first-order valence-electron chi connectivity index (χ1n) is 5.01. The number of furan rings is 1. The van der Waals surface area contributed by atoms with E-state index in [2.05, 4.69) is 12.2 Å². The van der Waals surface area contributed by atoms with Crippen LogP contribution in [-0.4, -0.2) is 11.4 Å². The van der Waals surface area contributed by atoms with Gasteiger partial charge in [0.25, 0.3) is 0 Å². The van der Waals surface area contributed by atoms with Crippen LogP contribution in [-0.2, 0) is 11.2 Å². The van der Waals surface area contributed by atoms with E-state index in [1.54, 1.807) is 6.26 Å². The normalized spacial score (nSPS) is 17.8. The summed E-state index contributed by atoms with van der Waals surface area (Å²) in [4.78, 5) is 11.4. The van der Waals surface area contributed by atoms with E-state index in [9.17, 15) is 4.79 Å². The number of amides is 1. The van der Waals surface area contributed by atoms with Crippen LogP contribution in [0.4, 0.5) is 0 Å². The minimum atomic E-state index is 0.0975. The van der Waals surface area contributed by atoms with Crippen molar-refractivity contribution >= 4 is 5.91 Å². The number of hydrogen-bond donors (Lipinski definition) is 1. The van der Waals surface area contributed by atoms with Gasteiger partial charge in [0.1, 0.15) is 5.76 Å². The molecule has 3 heteroatoms. The summed E-state index contributed by atoms with van der Waals surface area (Å²) in [6.07, 6.45) is 5.06. The predicted molar refractivity (Wildman–Crippen MR) is 52.8 cm³/mol. The number of rotatable bonds is 4. The van der Waals surface area contributed by atoms with Gasteiger partial charge in [-0.05, 0) is 31.9 Å². The first kappa shape index (κ1) is 9.31. The van der Waals surface area contributed by atoms with E-state index >= 15 is 0 Å². The molecule has 1 amide bonds. The molecule has 1 N–H and O–H groups in total. The quantitative estimate of drug-likeness (QED) is 0.793. The molecule has 1 aromatic heterocycles. The van der Waals surface area contributed by atoms with Crippen LogP contribution >= 0.6 is 0 Å². The van der Waals surface area contributed by atoms with Crippen LogP contribution in [0, 0.1) is 0 Å². The third kappa shape index (κ3) is 2.37. The molecule has 0 aliphatic heterocycles. The van der Waals surface area contributed by atoms with Gasteiger partial charge in [0, 0.05) is 18.4 Å². The lowest BCUT2D eigenvalue weighted by Gasteiger charge is -2.10. The SMILES string of the molecule is CC1(NC(=O)CCc2ccco2)CC1. The Morgan fingerprint density at radius 2 is 2.43 bits per heavy atom. The van der Waals surface area contributed by atoms with Crippen LogP contribution in [0.15, 0.2) is 22.8 Å². The summed E-state index contributed by atoms with van der Waals surface area (Å²) in [5.41, 5.74) is 0.0975. The van der Waals surface area contributed by atoms with Gasteiger partial charge in [-0.1, -0.05) is 0 Å². The molecule has 0 bridgehead atoms. The Balaban J connectivity index is 1.73. The molecule has 0 spiro atoms. The first-order valence-corrected chi connectivity index (χ1v) is 5.01. The Bertz CT molecular complexity index is 312. The summed E-state index contributed by atoms with van der Waals surface area (Å²) in [6.45, 7) is 2.08. The van der Waals surface area contributed by atoms with Crippen molar-refractivity contribution in [1.29, 1.82) is 0 Å². The molecule has 2 rings (SSSR count). The van der Waals surface area contributed by atoms with Gasteiger partial charge in [0.15, 0.2) is 0 Å². The summed E-state index contributed by atoms with van der Waals surface area (Å²) < 4.78 is 5.15. The molecule has 3 nitrogen and oxygen atoms in total. The topological polar surface area (TPSA) is 42.2 Å². The zero-order valence-electron chi connectivity index (χ0n) is 8.38. The van der Waals surface area contributed by atoms with Crippen molar-refractivity contribution in [2.45, 2.75) is 38.1 Å². The van der Waals surface area contributed by atoms with Crippen LogP contribution in [0.5, 0.6) is 0 Å². The van der Waals surface area contributed by atoms with Gasteiger partial charge in [-0.3, -0.25) is 4.79 Å². The lowest BCUT2D eigenvalue weighted by molar-refractivity contribution is -0.121. The maximum Gasteiger partial charge on any atom is 0.220 e. The number of aryl methyl sites for hydroxylation is 1. The van der Waals surface area contributed by atoms with Gasteiger partial charge >= 0.3 is 0 Å². The maximum absolute atomic E-state index is 11.4. The third-order valence-corrected chi connectivity index (χ3v) is 2.62. The Morgan fingerprint density at radius 1 is 1.64 bits per heavy atom. The second-order valence-corrected chi connectivity index (χ2v) is 4.19. The lowest BCUT2D eigenvalue weighted by Crippen LogP contribution is -2.34. The molecule has 1 saturated carbocycles. The van der Waals surface area contributed by atoms with E-state index in [0.717, 1.165) is 18.6 Å². The smallest absolute Gasteiger partial charge is 0.220 e. The molecule has 0 radical (unpaired) electrons. The average molecular weight is 193 g/mol. The Labute approximate surface area is 83.5 Å². The molecule has 0 atom stereocenters. The first-order chi connectivity index (χ1) is 6.68. The number of nitrogens with one attached hydrogen (secondary N) is 1. The molecule has 0 saturated heterocycles. The molecular formula is C11H15NO2. The minimum absolute atomic E-state index is 0.0975. The summed E-state index contributed by atoms with van der Waals surface area (Å²) in [5, 5.41) is 3.01. The third-order valence-electron chi connectivity index (χ3n) is 2.62. The van der Waals surface area contributed by atoms with E-state index in [0.29, 0.717) is 12.8 Å². The number of carbonyl (C=O) groups excluding carboxylic acids is 1. The number of carbonyl (C=O) groups is 1. The monoisotopic (exact) mass is 193 g/mol. The zero-order chi connectivity index (χ0) is 10.0. The van der Waals surface area contributed by atoms with E-state index < -0.39 is 0 Å². The lowest BCUT2D eigenvalue weighted by atomic mass is 10.2. The average Bonchev–Trinajstić information content (AvgIpc) is 2.70. The van der Waals surface area contributed by atoms with Crippen molar-refractivity contribution < 1.29 is 9.21 Å². The van der Waals surface area contributed by atoms with Crippen LogP contribution in [0.1, 0.15) is 31.9 Å². The minimum Gasteiger partial charge on any atom is -0.469 e. The van der Waals surface area contributed by atoms with E-state index in [1.165, 1.54) is 0 Å². The fourth-order valence-corrected chi connectivity index (χ4v) is 1.40. The molecule has 0 aromatic carbocycles. The highest BCUT2D eigenvalue weighted by Gasteiger charge is 2.38. The Hall–Kier alpha value is -1.25. The molecule has 1 fully saturated rings. The van der Waals surface area contributed by atoms with Gasteiger partial charge in [0.05, 0.1) is 6.26 Å². The van der Waals surface area contributed by atoms with Crippen LogP contribution in [0.2, 0.25) is 0 Å². The highest BCUT2D eigenvalue weighted by molar-refractivity contribution is 5.77. The van der Waals surface area contributed by atoms with Gasteiger partial charge < -0.3 is 9.73 Å². The Kier molecular flexibility index (Phi) is 2.32. The second kappa shape index (κ2) is 3.48. The van der Waals surface area contributed by atoms with Crippen molar-refractivity contribution in [2.24, 2.45) is 0 Å². The fraction of sp³-hybridized carbons (Fsp3) is 0.545. The van der Waals surface area contributed by atoms with Crippen molar-refractivity contribution in [3.8, 4) is 0 Å². The van der Waals surface area contributed by atoms with Gasteiger partial charge in [0.2, 0.25) is 5.91 Å². The standard InChI is InChI=1S/C11H15NO2/c1-11(6-7-11)12-10(13)5-4-9-3-2-8-14-9/h2-3,8H,4-7H2,1H3,(H,12,13). The van der Waals surface area contributed by atoms with E-state index in [4.69, 9.17) is 4.42 Å². The molecule has 0 unspecified atom stereocenters. The van der Waals surface area contributed by atoms with Crippen molar-refractivity contribution in [1.82, 2.24) is 5.32 Å². The van der Waals surface area contributed by atoms with E-state index in [1.807, 2.05) is 12.1 Å². The molecular weight excluding hydrogens is 178 g/mol. The van der Waals surface area contributed by atoms with Crippen molar-refractivity contribution in [3.63, 3.8) is 0 Å². The molecule has 1 heterocycles. The summed E-state index contributed by atoms with van der Waals surface area (Å²) >= 11 is 0. The van der Waals surface area contributed by atoms with Crippen LogP contribution in [0.25, 0.3) is 0 Å². The van der Waals surface area contributed by atoms with E-state index in [-0.39, 0.29) is 11.4 Å². The molecule has 1 aliphatic carbocycles. The van der Waals surface area contributed by atoms with Gasteiger partial charge in [-0.25, -0.2) is 0 Å². The molecule has 1 aromatic rings. The fourth-order valence-electron chi connectivity index (χ4n) is 1.40. The van der Waals surface area contributed by atoms with Crippen molar-refractivity contribution in [3.05, 3.63) is 24.2 Å². The second-order valence-electron chi connectivity index (χ2n) is 4.19. The van der Waals surface area contributed by atoms with Gasteiger partial charge in [-0.15, -0.1) is 0 Å². The summed E-state index contributed by atoms with van der Waals surface area (Å²) in [6, 6.07) is 3.74. The van der Waals surface area contributed by atoms with Gasteiger partial charge in [-0.2, -0.15) is 0 Å². The molecule has 14 heavy (non-hydrogen) atoms. The van der Waals surface area contributed by atoms with Crippen molar-refractivity contribution in [2.75, 3.05) is 0 Å². The molecule has 1 aliphatic rings.